The van der Waals surface area contributed by atoms with E-state index >= 15 is 0 Å². The second kappa shape index (κ2) is 8.03. The van der Waals surface area contributed by atoms with Gasteiger partial charge in [0, 0.05) is 46.3 Å². The van der Waals surface area contributed by atoms with Gasteiger partial charge in [-0.25, -0.2) is 9.18 Å². The number of halogens is 1. The summed E-state index contributed by atoms with van der Waals surface area (Å²) >= 11 is 0. The lowest BCUT2D eigenvalue weighted by Crippen LogP contribution is -2.51. The van der Waals surface area contributed by atoms with Crippen molar-refractivity contribution in [2.45, 2.75) is 25.4 Å². The molecule has 26 heavy (non-hydrogen) atoms. The lowest BCUT2D eigenvalue weighted by molar-refractivity contribution is -0.129. The maximum absolute atomic E-state index is 13.0. The summed E-state index contributed by atoms with van der Waals surface area (Å²) in [5, 5.41) is 2.95. The van der Waals surface area contributed by atoms with E-state index in [4.69, 9.17) is 0 Å². The molecule has 6 nitrogen and oxygen atoms in total. The lowest BCUT2D eigenvalue weighted by Gasteiger charge is -2.36. The summed E-state index contributed by atoms with van der Waals surface area (Å²) in [5.41, 5.74) is 0.873. The van der Waals surface area contributed by atoms with E-state index in [2.05, 4.69) is 10.2 Å². The molecule has 0 saturated carbocycles. The average Bonchev–Trinajstić information content (AvgIpc) is 2.91. The number of fused-ring (bicyclic) bond motifs is 4. The number of hydrogen-bond donors (Lipinski definition) is 1. The molecule has 3 amide bonds. The van der Waals surface area contributed by atoms with Gasteiger partial charge in [-0.3, -0.25) is 9.69 Å². The SMILES string of the molecule is CN(C)C(=O)CN1C[C@H]2CC[C@@H](C1)N(C(=O)NCc1ccc(F)cc1)C2. The van der Waals surface area contributed by atoms with Gasteiger partial charge in [0.15, 0.2) is 0 Å². The van der Waals surface area contributed by atoms with Gasteiger partial charge in [0.25, 0.3) is 0 Å². The van der Waals surface area contributed by atoms with E-state index in [1.807, 2.05) is 4.90 Å². The summed E-state index contributed by atoms with van der Waals surface area (Å²) in [7, 11) is 3.54. The van der Waals surface area contributed by atoms with Gasteiger partial charge in [0.1, 0.15) is 5.82 Å². The molecule has 0 radical (unpaired) electrons. The van der Waals surface area contributed by atoms with E-state index in [9.17, 15) is 14.0 Å². The zero-order chi connectivity index (χ0) is 18.7. The predicted molar refractivity (Wildman–Crippen MR) is 97.0 cm³/mol. The second-order valence-corrected chi connectivity index (χ2v) is 7.52. The topological polar surface area (TPSA) is 55.9 Å². The Balaban J connectivity index is 1.57. The highest BCUT2D eigenvalue weighted by molar-refractivity contribution is 5.78. The van der Waals surface area contributed by atoms with E-state index in [1.165, 1.54) is 12.1 Å². The molecule has 1 aromatic carbocycles. The van der Waals surface area contributed by atoms with Crippen molar-refractivity contribution in [3.8, 4) is 0 Å². The van der Waals surface area contributed by atoms with Crippen LogP contribution in [0.15, 0.2) is 24.3 Å². The molecule has 1 aromatic rings. The minimum atomic E-state index is -0.280. The standard InChI is InChI=1S/C19H27FN4O2/c1-22(2)18(25)13-23-10-15-5-8-17(12-23)24(11-15)19(26)21-9-14-3-6-16(20)7-4-14/h3-4,6-7,15,17H,5,8-13H2,1-2H3,(H,21,26)/t15-,17+/m1/s1. The summed E-state index contributed by atoms with van der Waals surface area (Å²) < 4.78 is 13.0. The fraction of sp³-hybridized carbons (Fsp3) is 0.579. The number of nitrogens with one attached hydrogen (secondary N) is 1. The highest BCUT2D eigenvalue weighted by Crippen LogP contribution is 2.28. The zero-order valence-corrected chi connectivity index (χ0v) is 15.4. The molecular formula is C19H27FN4O2. The van der Waals surface area contributed by atoms with Crippen molar-refractivity contribution in [2.24, 2.45) is 5.92 Å². The van der Waals surface area contributed by atoms with Crippen LogP contribution in [0, 0.1) is 11.7 Å². The fourth-order valence-electron chi connectivity index (χ4n) is 3.77. The third-order valence-corrected chi connectivity index (χ3v) is 5.26. The summed E-state index contributed by atoms with van der Waals surface area (Å²) in [6.45, 7) is 3.12. The molecule has 0 aliphatic carbocycles. The Bertz CT molecular complexity index is 649. The van der Waals surface area contributed by atoms with Gasteiger partial charge in [-0.2, -0.15) is 0 Å². The minimum absolute atomic E-state index is 0.0789. The molecule has 4 rings (SSSR count). The molecule has 2 bridgehead atoms. The second-order valence-electron chi connectivity index (χ2n) is 7.52. The number of amides is 3. The van der Waals surface area contributed by atoms with Gasteiger partial charge in [0.2, 0.25) is 5.91 Å². The molecule has 3 fully saturated rings. The molecule has 3 aliphatic heterocycles. The Kier molecular flexibility index (Phi) is 5.76. The molecular weight excluding hydrogens is 335 g/mol. The number of hydrogen-bond acceptors (Lipinski definition) is 3. The van der Waals surface area contributed by atoms with Crippen molar-refractivity contribution in [1.29, 1.82) is 0 Å². The van der Waals surface area contributed by atoms with Crippen LogP contribution in [0.5, 0.6) is 0 Å². The van der Waals surface area contributed by atoms with Crippen molar-refractivity contribution in [2.75, 3.05) is 40.3 Å². The van der Waals surface area contributed by atoms with Crippen LogP contribution in [0.3, 0.4) is 0 Å². The molecule has 0 aromatic heterocycles. The first-order valence-corrected chi connectivity index (χ1v) is 9.14. The molecule has 3 saturated heterocycles. The number of urea groups is 1. The quantitative estimate of drug-likeness (QED) is 0.884. The van der Waals surface area contributed by atoms with Crippen LogP contribution < -0.4 is 5.32 Å². The van der Waals surface area contributed by atoms with E-state index < -0.39 is 0 Å². The van der Waals surface area contributed by atoms with Crippen LogP contribution in [-0.2, 0) is 11.3 Å². The largest absolute Gasteiger partial charge is 0.348 e. The Morgan fingerprint density at radius 3 is 2.58 bits per heavy atom. The molecule has 0 unspecified atom stereocenters. The summed E-state index contributed by atoms with van der Waals surface area (Å²) in [4.78, 5) is 30.4. The number of carbonyl (C=O) groups excluding carboxylic acids is 2. The van der Waals surface area contributed by atoms with Crippen molar-refractivity contribution in [1.82, 2.24) is 20.0 Å². The number of nitrogens with zero attached hydrogens (tertiary/aromatic N) is 3. The summed E-state index contributed by atoms with van der Waals surface area (Å²) in [6, 6.07) is 6.21. The lowest BCUT2D eigenvalue weighted by atomic mass is 9.95. The van der Waals surface area contributed by atoms with E-state index in [0.29, 0.717) is 19.0 Å². The van der Waals surface area contributed by atoms with Gasteiger partial charge in [-0.15, -0.1) is 0 Å². The van der Waals surface area contributed by atoms with Crippen molar-refractivity contribution in [3.63, 3.8) is 0 Å². The van der Waals surface area contributed by atoms with Gasteiger partial charge in [-0.1, -0.05) is 12.1 Å². The first-order chi connectivity index (χ1) is 12.4. The number of piperidine rings is 1. The Labute approximate surface area is 153 Å². The Morgan fingerprint density at radius 1 is 1.15 bits per heavy atom. The Hall–Kier alpha value is -2.15. The molecule has 142 valence electrons. The van der Waals surface area contributed by atoms with Crippen LogP contribution in [0.1, 0.15) is 18.4 Å². The fourth-order valence-corrected chi connectivity index (χ4v) is 3.77. The molecule has 1 N–H and O–H groups in total. The average molecular weight is 362 g/mol. The van der Waals surface area contributed by atoms with E-state index in [-0.39, 0.29) is 23.8 Å². The zero-order valence-electron chi connectivity index (χ0n) is 15.4. The number of carbonyl (C=O) groups is 2. The van der Waals surface area contributed by atoms with Crippen LogP contribution in [-0.4, -0.2) is 73.0 Å². The predicted octanol–water partition coefficient (Wildman–Crippen LogP) is 1.52. The summed E-state index contributed by atoms with van der Waals surface area (Å²) in [5.74, 6) is 0.219. The normalized spacial score (nSPS) is 22.8. The first kappa shape index (κ1) is 18.6. The molecule has 0 spiro atoms. The number of benzene rings is 1. The van der Waals surface area contributed by atoms with Gasteiger partial charge >= 0.3 is 6.03 Å². The Morgan fingerprint density at radius 2 is 1.88 bits per heavy atom. The van der Waals surface area contributed by atoms with Crippen molar-refractivity contribution in [3.05, 3.63) is 35.6 Å². The maximum Gasteiger partial charge on any atom is 0.317 e. The summed E-state index contributed by atoms with van der Waals surface area (Å²) in [6.07, 6.45) is 2.07. The number of rotatable bonds is 4. The molecule has 2 atom stereocenters. The molecule has 3 heterocycles. The minimum Gasteiger partial charge on any atom is -0.348 e. The monoisotopic (exact) mass is 362 g/mol. The molecule has 7 heteroatoms. The first-order valence-electron chi connectivity index (χ1n) is 9.14. The molecule has 3 aliphatic rings. The third kappa shape index (κ3) is 4.52. The highest BCUT2D eigenvalue weighted by atomic mass is 19.1. The van der Waals surface area contributed by atoms with Gasteiger partial charge in [-0.05, 0) is 36.5 Å². The van der Waals surface area contributed by atoms with Gasteiger partial charge < -0.3 is 15.1 Å². The smallest absolute Gasteiger partial charge is 0.317 e. The van der Waals surface area contributed by atoms with E-state index in [1.54, 1.807) is 31.1 Å². The van der Waals surface area contributed by atoms with Crippen LogP contribution in [0.25, 0.3) is 0 Å². The highest BCUT2D eigenvalue weighted by Gasteiger charge is 2.37. The van der Waals surface area contributed by atoms with Crippen molar-refractivity contribution >= 4 is 11.9 Å². The van der Waals surface area contributed by atoms with Crippen LogP contribution >= 0.6 is 0 Å². The van der Waals surface area contributed by atoms with Gasteiger partial charge in [0.05, 0.1) is 6.54 Å². The number of likely N-dealkylation sites (N-methyl/N-ethyl adjacent to an activating group) is 1. The van der Waals surface area contributed by atoms with E-state index in [0.717, 1.165) is 38.0 Å². The van der Waals surface area contributed by atoms with Crippen molar-refractivity contribution < 1.29 is 14.0 Å². The van der Waals surface area contributed by atoms with Crippen LogP contribution in [0.4, 0.5) is 9.18 Å². The maximum atomic E-state index is 13.0. The van der Waals surface area contributed by atoms with Crippen LogP contribution in [0.2, 0.25) is 0 Å². The third-order valence-electron chi connectivity index (χ3n) is 5.26.